The maximum Gasteiger partial charge on any atom is 0.255 e. The first-order valence-corrected chi connectivity index (χ1v) is 11.0. The summed E-state index contributed by atoms with van der Waals surface area (Å²) in [4.78, 5) is 11.9. The minimum Gasteiger partial charge on any atom is -0.322 e. The Morgan fingerprint density at radius 3 is 2.61 bits per heavy atom. The molecule has 2 atom stereocenters. The number of carbonyl (C=O) groups excluding carboxylic acids is 1. The maximum atomic E-state index is 14.3. The molecule has 2 N–H and O–H groups in total. The van der Waals surface area contributed by atoms with Crippen molar-refractivity contribution in [2.45, 2.75) is 43.5 Å². The van der Waals surface area contributed by atoms with Crippen molar-refractivity contribution in [2.24, 2.45) is 5.92 Å². The van der Waals surface area contributed by atoms with Crippen LogP contribution >= 0.6 is 11.6 Å². The third-order valence-corrected chi connectivity index (χ3v) is 6.72. The van der Waals surface area contributed by atoms with Crippen molar-refractivity contribution < 1.29 is 17.6 Å². The molecule has 0 saturated heterocycles. The summed E-state index contributed by atoms with van der Waals surface area (Å²) >= 11 is 5.90. The van der Waals surface area contributed by atoms with Gasteiger partial charge in [-0.1, -0.05) is 37.4 Å². The molecule has 5 nitrogen and oxygen atoms in total. The Balaban J connectivity index is 1.83. The van der Waals surface area contributed by atoms with Crippen LogP contribution in [0.25, 0.3) is 0 Å². The molecule has 1 aliphatic carbocycles. The monoisotopic (exact) mass is 424 g/mol. The van der Waals surface area contributed by atoms with E-state index in [-0.39, 0.29) is 17.5 Å². The molecule has 1 fully saturated rings. The molecule has 1 aliphatic rings. The number of benzene rings is 2. The predicted octanol–water partition coefficient (Wildman–Crippen LogP) is 4.59. The van der Waals surface area contributed by atoms with E-state index in [0.717, 1.165) is 37.8 Å². The molecular formula is C20H22ClFN2O3S. The molecule has 2 aromatic rings. The number of hydrogen-bond acceptors (Lipinski definition) is 3. The average molecular weight is 425 g/mol. The summed E-state index contributed by atoms with van der Waals surface area (Å²) in [5.41, 5.74) is 0.499. The van der Waals surface area contributed by atoms with E-state index in [0.29, 0.717) is 10.7 Å². The molecular weight excluding hydrogens is 403 g/mol. The van der Waals surface area contributed by atoms with Crippen molar-refractivity contribution in [3.63, 3.8) is 0 Å². The number of nitrogens with one attached hydrogen (secondary N) is 2. The van der Waals surface area contributed by atoms with Crippen LogP contribution in [0.1, 0.15) is 43.0 Å². The number of amides is 1. The Morgan fingerprint density at radius 2 is 1.89 bits per heavy atom. The Bertz CT molecular complexity index is 981. The fraction of sp³-hybridized carbons (Fsp3) is 0.350. The van der Waals surface area contributed by atoms with Gasteiger partial charge in [0.2, 0.25) is 10.0 Å². The Kier molecular flexibility index (Phi) is 6.37. The summed E-state index contributed by atoms with van der Waals surface area (Å²) < 4.78 is 42.4. The van der Waals surface area contributed by atoms with E-state index in [2.05, 4.69) is 10.0 Å². The van der Waals surface area contributed by atoms with Gasteiger partial charge >= 0.3 is 0 Å². The largest absolute Gasteiger partial charge is 0.322 e. The predicted molar refractivity (Wildman–Crippen MR) is 108 cm³/mol. The summed E-state index contributed by atoms with van der Waals surface area (Å²) in [6, 6.07) is 9.62. The maximum absolute atomic E-state index is 14.3. The van der Waals surface area contributed by atoms with Gasteiger partial charge in [-0.25, -0.2) is 17.5 Å². The van der Waals surface area contributed by atoms with Gasteiger partial charge in [0.25, 0.3) is 5.91 Å². The zero-order chi connectivity index (χ0) is 20.3. The van der Waals surface area contributed by atoms with Crippen LogP contribution in [0.2, 0.25) is 5.02 Å². The summed E-state index contributed by atoms with van der Waals surface area (Å²) in [7, 11) is -4.09. The molecule has 8 heteroatoms. The van der Waals surface area contributed by atoms with E-state index in [9.17, 15) is 17.6 Å². The van der Waals surface area contributed by atoms with Crippen LogP contribution in [0.3, 0.4) is 0 Å². The number of rotatable bonds is 5. The number of halogens is 2. The Labute approximate surface area is 169 Å². The van der Waals surface area contributed by atoms with Crippen molar-refractivity contribution in [3.05, 3.63) is 58.9 Å². The molecule has 1 saturated carbocycles. The zero-order valence-corrected chi connectivity index (χ0v) is 17.0. The highest BCUT2D eigenvalue weighted by Crippen LogP contribution is 2.26. The van der Waals surface area contributed by atoms with E-state index in [1.54, 1.807) is 24.3 Å². The second kappa shape index (κ2) is 8.59. The molecule has 3 rings (SSSR count). The normalized spacial score (nSPS) is 20.0. The van der Waals surface area contributed by atoms with Crippen LogP contribution in [0, 0.1) is 11.7 Å². The molecule has 2 aromatic carbocycles. The first kappa shape index (κ1) is 20.8. The number of sulfonamides is 1. The molecule has 0 spiro atoms. The SMILES string of the molecule is C[C@H]1CCCC[C@@H]1NS(=O)(=O)c1cc(C(=O)Nc2cccc(Cl)c2)ccc1F. The minimum atomic E-state index is -4.09. The van der Waals surface area contributed by atoms with Gasteiger partial charge in [-0.05, 0) is 55.2 Å². The number of carbonyl (C=O) groups is 1. The van der Waals surface area contributed by atoms with Crippen molar-refractivity contribution in [3.8, 4) is 0 Å². The lowest BCUT2D eigenvalue weighted by Gasteiger charge is -2.29. The summed E-state index contributed by atoms with van der Waals surface area (Å²) in [5.74, 6) is -1.26. The van der Waals surface area contributed by atoms with Crippen molar-refractivity contribution in [1.82, 2.24) is 4.72 Å². The van der Waals surface area contributed by atoms with Crippen LogP contribution in [-0.4, -0.2) is 20.4 Å². The van der Waals surface area contributed by atoms with Gasteiger partial charge in [-0.2, -0.15) is 0 Å². The van der Waals surface area contributed by atoms with Crippen molar-refractivity contribution in [2.75, 3.05) is 5.32 Å². The second-order valence-corrected chi connectivity index (χ2v) is 9.22. The van der Waals surface area contributed by atoms with Gasteiger partial charge in [0, 0.05) is 22.3 Å². The molecule has 0 aromatic heterocycles. The highest BCUT2D eigenvalue weighted by molar-refractivity contribution is 7.89. The van der Waals surface area contributed by atoms with Crippen LogP contribution in [0.15, 0.2) is 47.4 Å². The third-order valence-electron chi connectivity index (χ3n) is 4.98. The Hall–Kier alpha value is -1.96. The Morgan fingerprint density at radius 1 is 1.14 bits per heavy atom. The second-order valence-electron chi connectivity index (χ2n) is 7.10. The molecule has 1 amide bonds. The van der Waals surface area contributed by atoms with E-state index in [4.69, 9.17) is 11.6 Å². The van der Waals surface area contributed by atoms with Crippen molar-refractivity contribution in [1.29, 1.82) is 0 Å². The van der Waals surface area contributed by atoms with Crippen molar-refractivity contribution >= 4 is 33.2 Å². The van der Waals surface area contributed by atoms with Crippen LogP contribution in [0.4, 0.5) is 10.1 Å². The lowest BCUT2D eigenvalue weighted by atomic mass is 9.87. The molecule has 0 heterocycles. The minimum absolute atomic E-state index is 0.0402. The van der Waals surface area contributed by atoms with Gasteiger partial charge in [0.05, 0.1) is 0 Å². The fourth-order valence-corrected chi connectivity index (χ4v) is 5.05. The standard InChI is InChI=1S/C20H22ClFN2O3S/c1-13-5-2-3-8-18(13)24-28(26,27)19-11-14(9-10-17(19)22)20(25)23-16-7-4-6-15(21)12-16/h4,6-7,9-13,18,24H,2-3,5,8H2,1H3,(H,23,25)/t13-,18-/m0/s1. The van der Waals surface area contributed by atoms with E-state index >= 15 is 0 Å². The molecule has 28 heavy (non-hydrogen) atoms. The first-order chi connectivity index (χ1) is 13.3. The van der Waals surface area contributed by atoms with Gasteiger partial charge in [-0.15, -0.1) is 0 Å². The highest BCUT2D eigenvalue weighted by atomic mass is 35.5. The van der Waals surface area contributed by atoms with Gasteiger partial charge < -0.3 is 5.32 Å². The van der Waals surface area contributed by atoms with E-state index in [1.807, 2.05) is 6.92 Å². The highest BCUT2D eigenvalue weighted by Gasteiger charge is 2.29. The number of hydrogen-bond donors (Lipinski definition) is 2. The van der Waals surface area contributed by atoms with E-state index < -0.39 is 26.6 Å². The summed E-state index contributed by atoms with van der Waals surface area (Å²) in [6.45, 7) is 1.98. The van der Waals surface area contributed by atoms with Crippen LogP contribution < -0.4 is 10.0 Å². The molecule has 0 bridgehead atoms. The number of anilines is 1. The molecule has 0 radical (unpaired) electrons. The van der Waals surface area contributed by atoms with Gasteiger partial charge in [0.1, 0.15) is 10.7 Å². The van der Waals surface area contributed by atoms with Crippen LogP contribution in [-0.2, 0) is 10.0 Å². The first-order valence-electron chi connectivity index (χ1n) is 9.15. The smallest absolute Gasteiger partial charge is 0.255 e. The summed E-state index contributed by atoms with van der Waals surface area (Å²) in [5, 5.41) is 3.07. The zero-order valence-electron chi connectivity index (χ0n) is 15.4. The lowest BCUT2D eigenvalue weighted by molar-refractivity contribution is 0.102. The van der Waals surface area contributed by atoms with Gasteiger partial charge in [0.15, 0.2) is 0 Å². The van der Waals surface area contributed by atoms with Gasteiger partial charge in [-0.3, -0.25) is 4.79 Å². The fourth-order valence-electron chi connectivity index (χ4n) is 3.37. The third kappa shape index (κ3) is 4.90. The quantitative estimate of drug-likeness (QED) is 0.737. The molecule has 0 aliphatic heterocycles. The molecule has 150 valence electrons. The topological polar surface area (TPSA) is 75.3 Å². The van der Waals surface area contributed by atoms with Crippen LogP contribution in [0.5, 0.6) is 0 Å². The van der Waals surface area contributed by atoms with E-state index in [1.165, 1.54) is 6.07 Å². The lowest BCUT2D eigenvalue weighted by Crippen LogP contribution is -2.41. The summed E-state index contributed by atoms with van der Waals surface area (Å²) in [6.07, 6.45) is 3.64. The average Bonchev–Trinajstić information content (AvgIpc) is 2.63. The molecule has 0 unspecified atom stereocenters.